The molecule has 1 aromatic heterocycles. The predicted molar refractivity (Wildman–Crippen MR) is 57.6 cm³/mol. The molecule has 0 aromatic carbocycles. The van der Waals surface area contributed by atoms with Gasteiger partial charge in [-0.25, -0.2) is 0 Å². The van der Waals surface area contributed by atoms with Crippen molar-refractivity contribution in [2.45, 2.75) is 19.6 Å². The minimum absolute atomic E-state index is 0.189. The number of carboxylic acid groups (broad SMARTS) is 1. The molecule has 72 valence electrons. The number of thiophene rings is 1. The number of thioether (sulfide) groups is 1. The average molecular weight is 216 g/mol. The van der Waals surface area contributed by atoms with Gasteiger partial charge in [0.2, 0.25) is 0 Å². The maximum Gasteiger partial charge on any atom is 0.313 e. The smallest absolute Gasteiger partial charge is 0.313 e. The van der Waals surface area contributed by atoms with E-state index in [1.807, 2.05) is 0 Å². The maximum absolute atomic E-state index is 10.3. The Morgan fingerprint density at radius 2 is 2.31 bits per heavy atom. The molecule has 0 unspecified atom stereocenters. The van der Waals surface area contributed by atoms with Crippen LogP contribution in [0.15, 0.2) is 5.38 Å². The molecule has 0 fully saturated rings. The molecule has 0 spiro atoms. The van der Waals surface area contributed by atoms with Crippen LogP contribution in [0.1, 0.15) is 16.0 Å². The van der Waals surface area contributed by atoms with Gasteiger partial charge in [0.15, 0.2) is 0 Å². The third kappa shape index (κ3) is 3.04. The van der Waals surface area contributed by atoms with E-state index in [-0.39, 0.29) is 5.75 Å². The minimum atomic E-state index is -0.741. The van der Waals surface area contributed by atoms with Gasteiger partial charge in [-0.05, 0) is 30.4 Å². The lowest BCUT2D eigenvalue weighted by molar-refractivity contribution is -0.133. The first-order chi connectivity index (χ1) is 6.11. The summed E-state index contributed by atoms with van der Waals surface area (Å²) < 4.78 is 0. The SMILES string of the molecule is Cc1scc(CSCC(=O)O)c1C. The van der Waals surface area contributed by atoms with E-state index in [0.717, 1.165) is 5.75 Å². The van der Waals surface area contributed by atoms with E-state index >= 15 is 0 Å². The Kier molecular flexibility index (Phi) is 3.81. The molecular weight excluding hydrogens is 204 g/mol. The number of hydrogen-bond acceptors (Lipinski definition) is 3. The van der Waals surface area contributed by atoms with Gasteiger partial charge in [0.05, 0.1) is 5.75 Å². The van der Waals surface area contributed by atoms with Crippen LogP contribution in [0.3, 0.4) is 0 Å². The number of carbonyl (C=O) groups is 1. The van der Waals surface area contributed by atoms with Crippen molar-refractivity contribution in [2.24, 2.45) is 0 Å². The molecule has 0 aliphatic rings. The van der Waals surface area contributed by atoms with Crippen LogP contribution in [-0.4, -0.2) is 16.8 Å². The fraction of sp³-hybridized carbons (Fsp3) is 0.444. The second kappa shape index (κ2) is 4.67. The van der Waals surface area contributed by atoms with Crippen molar-refractivity contribution in [3.05, 3.63) is 21.4 Å². The molecule has 1 aromatic rings. The first kappa shape index (κ1) is 10.6. The second-order valence-corrected chi connectivity index (χ2v) is 4.90. The molecule has 0 radical (unpaired) electrons. The van der Waals surface area contributed by atoms with Crippen molar-refractivity contribution in [2.75, 3.05) is 5.75 Å². The molecule has 1 heterocycles. The third-order valence-electron chi connectivity index (χ3n) is 1.87. The van der Waals surface area contributed by atoms with E-state index < -0.39 is 5.97 Å². The highest BCUT2D eigenvalue weighted by Crippen LogP contribution is 2.24. The Balaban J connectivity index is 2.45. The Labute approximate surface area is 86.0 Å². The van der Waals surface area contributed by atoms with Gasteiger partial charge in [-0.1, -0.05) is 0 Å². The lowest BCUT2D eigenvalue weighted by atomic mass is 10.2. The molecule has 0 aliphatic carbocycles. The highest BCUT2D eigenvalue weighted by Gasteiger charge is 2.04. The van der Waals surface area contributed by atoms with Crippen LogP contribution >= 0.6 is 23.1 Å². The largest absolute Gasteiger partial charge is 0.481 e. The van der Waals surface area contributed by atoms with E-state index in [0.29, 0.717) is 0 Å². The maximum atomic E-state index is 10.3. The van der Waals surface area contributed by atoms with E-state index in [1.54, 1.807) is 11.3 Å². The number of rotatable bonds is 4. The number of aliphatic carboxylic acids is 1. The average Bonchev–Trinajstić information content (AvgIpc) is 2.35. The minimum Gasteiger partial charge on any atom is -0.481 e. The molecule has 0 amide bonds. The van der Waals surface area contributed by atoms with E-state index in [2.05, 4.69) is 19.2 Å². The van der Waals surface area contributed by atoms with Crippen molar-refractivity contribution >= 4 is 29.1 Å². The van der Waals surface area contributed by atoms with Crippen LogP contribution < -0.4 is 0 Å². The summed E-state index contributed by atoms with van der Waals surface area (Å²) >= 11 is 3.18. The molecule has 2 nitrogen and oxygen atoms in total. The van der Waals surface area contributed by atoms with Gasteiger partial charge < -0.3 is 5.11 Å². The van der Waals surface area contributed by atoms with Crippen molar-refractivity contribution in [1.29, 1.82) is 0 Å². The van der Waals surface area contributed by atoms with Crippen LogP contribution in [0.5, 0.6) is 0 Å². The topological polar surface area (TPSA) is 37.3 Å². The predicted octanol–water partition coefficient (Wildman–Crippen LogP) is 2.68. The summed E-state index contributed by atoms with van der Waals surface area (Å²) in [6.45, 7) is 4.17. The van der Waals surface area contributed by atoms with Crippen molar-refractivity contribution < 1.29 is 9.90 Å². The summed E-state index contributed by atoms with van der Waals surface area (Å²) in [5, 5.41) is 10.6. The first-order valence-corrected chi connectivity index (χ1v) is 5.98. The molecule has 0 saturated heterocycles. The van der Waals surface area contributed by atoms with E-state index in [4.69, 9.17) is 5.11 Å². The van der Waals surface area contributed by atoms with Crippen LogP contribution in [0.2, 0.25) is 0 Å². The monoisotopic (exact) mass is 216 g/mol. The highest BCUT2D eigenvalue weighted by molar-refractivity contribution is 7.99. The molecule has 0 saturated carbocycles. The summed E-state index contributed by atoms with van der Waals surface area (Å²) in [4.78, 5) is 11.6. The molecule has 1 rings (SSSR count). The number of hydrogen-bond donors (Lipinski definition) is 1. The zero-order valence-electron chi connectivity index (χ0n) is 7.66. The van der Waals surface area contributed by atoms with Crippen molar-refractivity contribution in [3.63, 3.8) is 0 Å². The van der Waals surface area contributed by atoms with E-state index in [1.165, 1.54) is 27.8 Å². The molecule has 0 bridgehead atoms. The van der Waals surface area contributed by atoms with Crippen molar-refractivity contribution in [1.82, 2.24) is 0 Å². The normalized spacial score (nSPS) is 10.3. The van der Waals surface area contributed by atoms with Crippen LogP contribution in [-0.2, 0) is 10.5 Å². The van der Waals surface area contributed by atoms with Gasteiger partial charge in [0.1, 0.15) is 0 Å². The fourth-order valence-corrected chi connectivity index (χ4v) is 2.74. The van der Waals surface area contributed by atoms with Crippen molar-refractivity contribution in [3.8, 4) is 0 Å². The van der Waals surface area contributed by atoms with Gasteiger partial charge in [0, 0.05) is 10.6 Å². The number of aryl methyl sites for hydroxylation is 1. The zero-order valence-corrected chi connectivity index (χ0v) is 9.30. The fourth-order valence-electron chi connectivity index (χ4n) is 0.953. The highest BCUT2D eigenvalue weighted by atomic mass is 32.2. The van der Waals surface area contributed by atoms with Crippen LogP contribution in [0.25, 0.3) is 0 Å². The quantitative estimate of drug-likeness (QED) is 0.840. The third-order valence-corrected chi connectivity index (χ3v) is 3.90. The zero-order chi connectivity index (χ0) is 9.84. The lowest BCUT2D eigenvalue weighted by Gasteiger charge is -1.98. The second-order valence-electron chi connectivity index (χ2n) is 2.83. The molecule has 13 heavy (non-hydrogen) atoms. The molecule has 0 aliphatic heterocycles. The standard InChI is InChI=1S/C9H12O2S2/c1-6-7(2)13-4-8(6)3-12-5-9(10)11/h4H,3,5H2,1-2H3,(H,10,11). The number of carboxylic acids is 1. The van der Waals surface area contributed by atoms with Gasteiger partial charge in [-0.2, -0.15) is 0 Å². The van der Waals surface area contributed by atoms with Crippen LogP contribution in [0, 0.1) is 13.8 Å². The van der Waals surface area contributed by atoms with Gasteiger partial charge >= 0.3 is 5.97 Å². The summed E-state index contributed by atoms with van der Waals surface area (Å²) in [6, 6.07) is 0. The van der Waals surface area contributed by atoms with Gasteiger partial charge in [-0.15, -0.1) is 23.1 Å². The lowest BCUT2D eigenvalue weighted by Crippen LogP contribution is -1.98. The molecule has 1 N–H and O–H groups in total. The first-order valence-electron chi connectivity index (χ1n) is 3.94. The molecule has 4 heteroatoms. The Morgan fingerprint density at radius 1 is 1.62 bits per heavy atom. The Bertz CT molecular complexity index is 305. The molecule has 0 atom stereocenters. The molecular formula is C9H12O2S2. The summed E-state index contributed by atoms with van der Waals surface area (Å²) in [7, 11) is 0. The Hall–Kier alpha value is -0.480. The summed E-state index contributed by atoms with van der Waals surface area (Å²) in [6.07, 6.45) is 0. The Morgan fingerprint density at radius 3 is 2.77 bits per heavy atom. The van der Waals surface area contributed by atoms with Gasteiger partial charge in [0.25, 0.3) is 0 Å². The van der Waals surface area contributed by atoms with E-state index in [9.17, 15) is 4.79 Å². The summed E-state index contributed by atoms with van der Waals surface area (Å²) in [5.41, 5.74) is 2.58. The van der Waals surface area contributed by atoms with Gasteiger partial charge in [-0.3, -0.25) is 4.79 Å². The van der Waals surface area contributed by atoms with Crippen LogP contribution in [0.4, 0.5) is 0 Å². The summed E-state index contributed by atoms with van der Waals surface area (Å²) in [5.74, 6) is 0.256.